The highest BCUT2D eigenvalue weighted by molar-refractivity contribution is 6.08. The lowest BCUT2D eigenvalue weighted by atomic mass is 10.1. The van der Waals surface area contributed by atoms with Gasteiger partial charge in [0.15, 0.2) is 0 Å². The van der Waals surface area contributed by atoms with Crippen molar-refractivity contribution >= 4 is 16.7 Å². The fourth-order valence-electron chi connectivity index (χ4n) is 2.03. The van der Waals surface area contributed by atoms with Crippen LogP contribution in [0, 0.1) is 6.92 Å². The molecule has 2 heterocycles. The maximum absolute atomic E-state index is 12.3. The minimum absolute atomic E-state index is 0.158. The molecule has 0 aliphatic rings. The lowest BCUT2D eigenvalue weighted by Gasteiger charge is -2.05. The molecule has 0 saturated heterocycles. The summed E-state index contributed by atoms with van der Waals surface area (Å²) in [5.41, 5.74) is 2.73. The average Bonchev–Trinajstić information content (AvgIpc) is 2.47. The molecule has 0 N–H and O–H groups in total. The Morgan fingerprint density at radius 2 is 1.84 bits per heavy atom. The smallest absolute Gasteiger partial charge is 0.214 e. The van der Waals surface area contributed by atoms with Gasteiger partial charge in [0, 0.05) is 17.8 Å². The van der Waals surface area contributed by atoms with Crippen LogP contribution in [-0.4, -0.2) is 20.7 Å². The summed E-state index contributed by atoms with van der Waals surface area (Å²) in [4.78, 5) is 24.4. The largest absolute Gasteiger partial charge is 0.287 e. The summed E-state index contributed by atoms with van der Waals surface area (Å²) in [5.74, 6) is -0.158. The Bertz CT molecular complexity index is 754. The molecular weight excluding hydrogens is 238 g/mol. The number of nitrogens with zero attached hydrogens (tertiary/aromatic N) is 3. The van der Waals surface area contributed by atoms with E-state index in [0.717, 1.165) is 16.5 Å². The quantitative estimate of drug-likeness (QED) is 0.655. The minimum atomic E-state index is -0.158. The maximum atomic E-state index is 12.3. The molecule has 4 nitrogen and oxygen atoms in total. The molecule has 92 valence electrons. The molecule has 4 heteroatoms. The number of benzene rings is 1. The van der Waals surface area contributed by atoms with E-state index in [9.17, 15) is 4.79 Å². The van der Waals surface area contributed by atoms with Gasteiger partial charge in [-0.2, -0.15) is 0 Å². The second-order valence-electron chi connectivity index (χ2n) is 4.30. The number of pyridine rings is 1. The highest BCUT2D eigenvalue weighted by atomic mass is 16.1. The molecule has 0 bridgehead atoms. The van der Waals surface area contributed by atoms with E-state index < -0.39 is 0 Å². The molecule has 3 rings (SSSR count). The molecule has 2 aromatic heterocycles. The van der Waals surface area contributed by atoms with Crippen LogP contribution in [0.4, 0.5) is 0 Å². The monoisotopic (exact) mass is 249 g/mol. The summed E-state index contributed by atoms with van der Waals surface area (Å²) in [7, 11) is 0. The van der Waals surface area contributed by atoms with Crippen molar-refractivity contribution < 1.29 is 4.79 Å². The predicted molar refractivity (Wildman–Crippen MR) is 71.9 cm³/mol. The van der Waals surface area contributed by atoms with Gasteiger partial charge in [-0.15, -0.1) is 0 Å². The van der Waals surface area contributed by atoms with E-state index in [0.29, 0.717) is 11.3 Å². The van der Waals surface area contributed by atoms with Gasteiger partial charge in [-0.25, -0.2) is 15.0 Å². The summed E-state index contributed by atoms with van der Waals surface area (Å²) in [6.45, 7) is 1.97. The summed E-state index contributed by atoms with van der Waals surface area (Å²) >= 11 is 0. The van der Waals surface area contributed by atoms with Crippen LogP contribution in [0.2, 0.25) is 0 Å². The van der Waals surface area contributed by atoms with Gasteiger partial charge in [0.05, 0.1) is 11.1 Å². The summed E-state index contributed by atoms with van der Waals surface area (Å²) in [6, 6.07) is 9.58. The molecular formula is C15H11N3O. The van der Waals surface area contributed by atoms with Gasteiger partial charge < -0.3 is 0 Å². The maximum Gasteiger partial charge on any atom is 0.214 e. The zero-order valence-corrected chi connectivity index (χ0v) is 10.4. The fourth-order valence-corrected chi connectivity index (χ4v) is 2.03. The molecule has 0 radical (unpaired) electrons. The van der Waals surface area contributed by atoms with Gasteiger partial charge in [0.2, 0.25) is 5.78 Å². The van der Waals surface area contributed by atoms with Crippen LogP contribution in [0.3, 0.4) is 0 Å². The molecule has 3 aromatic rings. The number of ketones is 1. The van der Waals surface area contributed by atoms with Crippen molar-refractivity contribution in [3.8, 4) is 0 Å². The predicted octanol–water partition coefficient (Wildman–Crippen LogP) is 2.56. The SMILES string of the molecule is Cc1cc(C(=O)c2cncnc2)nc2ccccc12. The molecule has 0 aliphatic heterocycles. The molecule has 0 spiro atoms. The van der Waals surface area contributed by atoms with E-state index >= 15 is 0 Å². The van der Waals surface area contributed by atoms with Gasteiger partial charge in [-0.3, -0.25) is 4.79 Å². The molecule has 0 unspecified atom stereocenters. The zero-order chi connectivity index (χ0) is 13.2. The van der Waals surface area contributed by atoms with E-state index in [1.54, 1.807) is 6.07 Å². The molecule has 0 fully saturated rings. The lowest BCUT2D eigenvalue weighted by molar-refractivity contribution is 0.103. The van der Waals surface area contributed by atoms with Crippen LogP contribution in [0.5, 0.6) is 0 Å². The zero-order valence-electron chi connectivity index (χ0n) is 10.4. The van der Waals surface area contributed by atoms with Crippen molar-refractivity contribution in [1.82, 2.24) is 15.0 Å². The summed E-state index contributed by atoms with van der Waals surface area (Å²) < 4.78 is 0. The second-order valence-corrected chi connectivity index (χ2v) is 4.30. The van der Waals surface area contributed by atoms with E-state index in [-0.39, 0.29) is 5.78 Å². The van der Waals surface area contributed by atoms with Crippen molar-refractivity contribution in [1.29, 1.82) is 0 Å². The third kappa shape index (κ3) is 2.08. The first kappa shape index (κ1) is 11.5. The van der Waals surface area contributed by atoms with E-state index in [4.69, 9.17) is 0 Å². The first-order valence-electron chi connectivity index (χ1n) is 5.92. The number of aryl methyl sites for hydroxylation is 1. The Hall–Kier alpha value is -2.62. The van der Waals surface area contributed by atoms with Crippen LogP contribution in [-0.2, 0) is 0 Å². The Kier molecular flexibility index (Phi) is 2.76. The van der Waals surface area contributed by atoms with Crippen LogP contribution in [0.25, 0.3) is 10.9 Å². The topological polar surface area (TPSA) is 55.7 Å². The van der Waals surface area contributed by atoms with Gasteiger partial charge in [-0.1, -0.05) is 18.2 Å². The van der Waals surface area contributed by atoms with Crippen LogP contribution in [0.1, 0.15) is 21.6 Å². The number of para-hydroxylation sites is 1. The average molecular weight is 249 g/mol. The molecule has 0 saturated carbocycles. The third-order valence-electron chi connectivity index (χ3n) is 2.98. The Labute approximate surface area is 110 Å². The standard InChI is InChI=1S/C15H11N3O/c1-10-6-14(15(19)11-7-16-9-17-8-11)18-13-5-3-2-4-12(10)13/h2-9H,1H3. The van der Waals surface area contributed by atoms with E-state index in [2.05, 4.69) is 15.0 Å². The van der Waals surface area contributed by atoms with Crippen LogP contribution in [0.15, 0.2) is 49.1 Å². The lowest BCUT2D eigenvalue weighted by Crippen LogP contribution is -2.05. The van der Waals surface area contributed by atoms with Gasteiger partial charge in [0.1, 0.15) is 12.0 Å². The number of aromatic nitrogens is 3. The fraction of sp³-hybridized carbons (Fsp3) is 0.0667. The normalized spacial score (nSPS) is 10.6. The highest BCUT2D eigenvalue weighted by Crippen LogP contribution is 2.18. The van der Waals surface area contributed by atoms with Gasteiger partial charge >= 0.3 is 0 Å². The number of rotatable bonds is 2. The molecule has 1 aromatic carbocycles. The number of hydrogen-bond acceptors (Lipinski definition) is 4. The molecule has 0 aliphatic carbocycles. The van der Waals surface area contributed by atoms with Crippen LogP contribution >= 0.6 is 0 Å². The van der Waals surface area contributed by atoms with Crippen molar-refractivity contribution in [2.24, 2.45) is 0 Å². The molecule has 19 heavy (non-hydrogen) atoms. The van der Waals surface area contributed by atoms with Crippen molar-refractivity contribution in [2.75, 3.05) is 0 Å². The number of carbonyl (C=O) groups is 1. The highest BCUT2D eigenvalue weighted by Gasteiger charge is 2.13. The van der Waals surface area contributed by atoms with Crippen LogP contribution < -0.4 is 0 Å². The minimum Gasteiger partial charge on any atom is -0.287 e. The second kappa shape index (κ2) is 4.57. The van der Waals surface area contributed by atoms with Gasteiger partial charge in [0.25, 0.3) is 0 Å². The van der Waals surface area contributed by atoms with E-state index in [1.165, 1.54) is 18.7 Å². The van der Waals surface area contributed by atoms with Crippen molar-refractivity contribution in [3.63, 3.8) is 0 Å². The Morgan fingerprint density at radius 3 is 2.63 bits per heavy atom. The van der Waals surface area contributed by atoms with Crippen molar-refractivity contribution in [3.05, 3.63) is 65.9 Å². The third-order valence-corrected chi connectivity index (χ3v) is 2.98. The Balaban J connectivity index is 2.14. The first-order chi connectivity index (χ1) is 9.25. The van der Waals surface area contributed by atoms with E-state index in [1.807, 2.05) is 31.2 Å². The Morgan fingerprint density at radius 1 is 1.11 bits per heavy atom. The number of carbonyl (C=O) groups excluding carboxylic acids is 1. The number of hydrogen-bond donors (Lipinski definition) is 0. The molecule has 0 amide bonds. The summed E-state index contributed by atoms with van der Waals surface area (Å²) in [6.07, 6.45) is 4.40. The first-order valence-corrected chi connectivity index (χ1v) is 5.92. The van der Waals surface area contributed by atoms with Gasteiger partial charge in [-0.05, 0) is 24.6 Å². The summed E-state index contributed by atoms with van der Waals surface area (Å²) in [5, 5.41) is 1.06. The number of fused-ring (bicyclic) bond motifs is 1. The van der Waals surface area contributed by atoms with Crippen molar-refractivity contribution in [2.45, 2.75) is 6.92 Å². The molecule has 0 atom stereocenters.